The Hall–Kier alpha value is -3.88. The number of carbonyl (C=O) groups is 1. The van der Waals surface area contributed by atoms with Crippen LogP contribution in [0.25, 0.3) is 5.82 Å². The number of pyridine rings is 2. The molecule has 3 aromatic rings. The van der Waals surface area contributed by atoms with Gasteiger partial charge in [-0.2, -0.15) is 22.8 Å². The van der Waals surface area contributed by atoms with Gasteiger partial charge < -0.3 is 15.2 Å². The maximum Gasteiger partial charge on any atom is 0.425 e. The van der Waals surface area contributed by atoms with Crippen LogP contribution in [0.4, 0.5) is 27.6 Å². The topological polar surface area (TPSA) is 124 Å². The van der Waals surface area contributed by atoms with E-state index in [1.165, 1.54) is 13.1 Å². The third-order valence-corrected chi connectivity index (χ3v) is 4.84. The first-order valence-corrected chi connectivity index (χ1v) is 10.0. The van der Waals surface area contributed by atoms with Crippen LogP contribution in [0.5, 0.6) is 5.88 Å². The summed E-state index contributed by atoms with van der Waals surface area (Å²) in [6.45, 7) is 2.93. The first kappa shape index (κ1) is 25.7. The molecular formula is C20H19F5N6O4. The van der Waals surface area contributed by atoms with E-state index in [0.29, 0.717) is 17.7 Å². The number of hydrogen-bond acceptors (Lipinski definition) is 7. The van der Waals surface area contributed by atoms with E-state index in [1.807, 2.05) is 0 Å². The Labute approximate surface area is 194 Å². The number of aliphatic hydroxyl groups is 1. The maximum atomic E-state index is 15.0. The zero-order valence-electron chi connectivity index (χ0n) is 18.5. The van der Waals surface area contributed by atoms with Gasteiger partial charge in [0.15, 0.2) is 29.4 Å². The molecule has 3 heterocycles. The van der Waals surface area contributed by atoms with E-state index in [0.717, 1.165) is 10.8 Å². The Balaban J connectivity index is 2.16. The summed E-state index contributed by atoms with van der Waals surface area (Å²) in [5.74, 6) is -5.51. The fourth-order valence-electron chi connectivity index (χ4n) is 2.98. The number of nitrogens with one attached hydrogen (secondary N) is 1. The van der Waals surface area contributed by atoms with Gasteiger partial charge in [-0.3, -0.25) is 14.3 Å². The molecule has 0 aliphatic heterocycles. The van der Waals surface area contributed by atoms with Crippen LogP contribution in [-0.2, 0) is 13.2 Å². The van der Waals surface area contributed by atoms with Gasteiger partial charge in [-0.15, -0.1) is 5.10 Å². The number of anilines is 1. The summed E-state index contributed by atoms with van der Waals surface area (Å²) in [7, 11) is 0. The molecule has 0 radical (unpaired) electrons. The Morgan fingerprint density at radius 1 is 1.26 bits per heavy atom. The van der Waals surface area contributed by atoms with Crippen molar-refractivity contribution in [3.05, 3.63) is 57.5 Å². The molecule has 0 saturated heterocycles. The van der Waals surface area contributed by atoms with Crippen molar-refractivity contribution in [3.63, 3.8) is 0 Å². The molecule has 0 fully saturated rings. The van der Waals surface area contributed by atoms with Gasteiger partial charge in [0, 0.05) is 12.7 Å². The molecule has 10 nitrogen and oxygen atoms in total. The van der Waals surface area contributed by atoms with E-state index >= 15 is 0 Å². The summed E-state index contributed by atoms with van der Waals surface area (Å²) in [5.41, 5.74) is -1.90. The van der Waals surface area contributed by atoms with Crippen molar-refractivity contribution in [1.82, 2.24) is 24.3 Å². The predicted molar refractivity (Wildman–Crippen MR) is 110 cm³/mol. The third-order valence-electron chi connectivity index (χ3n) is 4.84. The average Bonchev–Trinajstić information content (AvgIpc) is 3.11. The summed E-state index contributed by atoms with van der Waals surface area (Å²) in [4.78, 5) is 32.6. The summed E-state index contributed by atoms with van der Waals surface area (Å²) >= 11 is 0. The minimum Gasteiger partial charge on any atom is -0.464 e. The number of halogens is 5. The van der Waals surface area contributed by atoms with Crippen molar-refractivity contribution in [2.75, 3.05) is 5.32 Å². The summed E-state index contributed by atoms with van der Waals surface area (Å²) in [5, 5.41) is 15.3. The predicted octanol–water partition coefficient (Wildman–Crippen LogP) is 2.50. The lowest BCUT2D eigenvalue weighted by Gasteiger charge is -2.19. The highest BCUT2D eigenvalue weighted by Crippen LogP contribution is 2.29. The van der Waals surface area contributed by atoms with Crippen molar-refractivity contribution in [2.45, 2.75) is 46.2 Å². The van der Waals surface area contributed by atoms with Crippen LogP contribution in [0, 0.1) is 18.6 Å². The zero-order valence-corrected chi connectivity index (χ0v) is 18.5. The van der Waals surface area contributed by atoms with Crippen LogP contribution in [-0.4, -0.2) is 47.6 Å². The molecule has 0 bridgehead atoms. The SMILES string of the molecule is CCn1c(CO)nn(-c2nc(O[C@@H](C)C(F)(F)F)c(C(=O)Nc3c(C)cncc3F)cc2F)c1=O. The van der Waals surface area contributed by atoms with E-state index in [-0.39, 0.29) is 23.6 Å². The smallest absolute Gasteiger partial charge is 0.425 e. The Morgan fingerprint density at radius 3 is 2.49 bits per heavy atom. The highest BCUT2D eigenvalue weighted by molar-refractivity contribution is 6.06. The number of rotatable bonds is 7. The number of carbonyl (C=O) groups excluding carboxylic acids is 1. The zero-order chi connectivity index (χ0) is 26.1. The number of nitrogens with zero attached hydrogens (tertiary/aromatic N) is 5. The quantitative estimate of drug-likeness (QED) is 0.476. The highest BCUT2D eigenvalue weighted by atomic mass is 19.4. The lowest BCUT2D eigenvalue weighted by atomic mass is 10.2. The van der Waals surface area contributed by atoms with Gasteiger partial charge >= 0.3 is 11.9 Å². The van der Waals surface area contributed by atoms with Crippen LogP contribution < -0.4 is 15.7 Å². The van der Waals surface area contributed by atoms with Crippen molar-refractivity contribution >= 4 is 11.6 Å². The molecule has 1 amide bonds. The minimum absolute atomic E-state index is 0.0438. The number of aromatic nitrogens is 5. The molecule has 0 aliphatic rings. The Bertz CT molecular complexity index is 1300. The van der Waals surface area contributed by atoms with E-state index < -0.39 is 59.4 Å². The van der Waals surface area contributed by atoms with Gasteiger partial charge in [0.05, 0.1) is 11.9 Å². The molecule has 1 atom stereocenters. The number of aliphatic hydroxyl groups excluding tert-OH is 1. The molecule has 0 aliphatic carbocycles. The summed E-state index contributed by atoms with van der Waals surface area (Å²) in [6.07, 6.45) is -5.36. The number of ether oxygens (including phenoxy) is 1. The van der Waals surface area contributed by atoms with Crippen molar-refractivity contribution in [1.29, 1.82) is 0 Å². The molecule has 0 saturated carbocycles. The van der Waals surface area contributed by atoms with Crippen molar-refractivity contribution in [2.24, 2.45) is 0 Å². The fourth-order valence-corrected chi connectivity index (χ4v) is 2.98. The lowest BCUT2D eigenvalue weighted by molar-refractivity contribution is -0.190. The second-order valence-corrected chi connectivity index (χ2v) is 7.23. The normalized spacial score (nSPS) is 12.5. The van der Waals surface area contributed by atoms with E-state index in [2.05, 4.69) is 20.4 Å². The molecule has 35 heavy (non-hydrogen) atoms. The van der Waals surface area contributed by atoms with Crippen LogP contribution in [0.1, 0.15) is 35.6 Å². The fraction of sp³-hybridized carbons (Fsp3) is 0.350. The number of amides is 1. The molecule has 3 rings (SSSR count). The van der Waals surface area contributed by atoms with Crippen LogP contribution in [0.3, 0.4) is 0 Å². The molecule has 3 aromatic heterocycles. The summed E-state index contributed by atoms with van der Waals surface area (Å²) in [6, 6.07) is 0.487. The minimum atomic E-state index is -4.89. The molecule has 0 aromatic carbocycles. The summed E-state index contributed by atoms with van der Waals surface area (Å²) < 4.78 is 74.8. The second kappa shape index (κ2) is 9.77. The average molecular weight is 502 g/mol. The molecule has 188 valence electrons. The van der Waals surface area contributed by atoms with Crippen molar-refractivity contribution in [3.8, 4) is 11.7 Å². The van der Waals surface area contributed by atoms with E-state index in [9.17, 15) is 36.6 Å². The maximum absolute atomic E-state index is 15.0. The lowest BCUT2D eigenvalue weighted by Crippen LogP contribution is -2.33. The first-order valence-electron chi connectivity index (χ1n) is 10.0. The molecule has 0 unspecified atom stereocenters. The van der Waals surface area contributed by atoms with Gasteiger partial charge in [0.1, 0.15) is 12.2 Å². The van der Waals surface area contributed by atoms with Crippen LogP contribution in [0.15, 0.2) is 23.3 Å². The van der Waals surface area contributed by atoms with Gasteiger partial charge in [0.2, 0.25) is 5.88 Å². The number of hydrogen-bond donors (Lipinski definition) is 2. The van der Waals surface area contributed by atoms with Gasteiger partial charge in [-0.1, -0.05) is 0 Å². The standard InChI is InChI=1S/C20H19F5N6O4/c1-4-30-14(8-32)29-31(19(30)34)16-12(21)5-11(18(28-16)35-10(3)20(23,24)25)17(33)27-15-9(2)6-26-7-13(15)22/h5-7,10,32H,4,8H2,1-3H3,(H,26,27,33)/t10-/m0/s1. The number of alkyl halides is 3. The first-order chi connectivity index (χ1) is 16.4. The van der Waals surface area contributed by atoms with Gasteiger partial charge in [-0.25, -0.2) is 13.6 Å². The number of aryl methyl sites for hydroxylation is 1. The molecular weight excluding hydrogens is 483 g/mol. The van der Waals surface area contributed by atoms with E-state index in [4.69, 9.17) is 4.74 Å². The highest BCUT2D eigenvalue weighted by Gasteiger charge is 2.39. The largest absolute Gasteiger partial charge is 0.464 e. The molecule has 0 spiro atoms. The monoisotopic (exact) mass is 502 g/mol. The third kappa shape index (κ3) is 5.13. The second-order valence-electron chi connectivity index (χ2n) is 7.23. The Morgan fingerprint density at radius 2 is 1.94 bits per heavy atom. The van der Waals surface area contributed by atoms with Gasteiger partial charge in [-0.05, 0) is 32.4 Å². The molecule has 15 heteroatoms. The van der Waals surface area contributed by atoms with Crippen LogP contribution >= 0.6 is 0 Å². The van der Waals surface area contributed by atoms with Gasteiger partial charge in [0.25, 0.3) is 5.91 Å². The van der Waals surface area contributed by atoms with Crippen LogP contribution in [0.2, 0.25) is 0 Å². The van der Waals surface area contributed by atoms with E-state index in [1.54, 1.807) is 6.92 Å². The Kier molecular flexibility index (Phi) is 7.19. The molecule has 2 N–H and O–H groups in total. The van der Waals surface area contributed by atoms with Crippen molar-refractivity contribution < 1.29 is 36.6 Å².